The lowest BCUT2D eigenvalue weighted by molar-refractivity contribution is 0.899. The topological polar surface area (TPSA) is 25.8 Å². The van der Waals surface area contributed by atoms with Crippen molar-refractivity contribution >= 4 is 22.9 Å². The highest BCUT2D eigenvalue weighted by Gasteiger charge is 2.08. The van der Waals surface area contributed by atoms with Crippen LogP contribution in [0.15, 0.2) is 23.8 Å². The van der Waals surface area contributed by atoms with Crippen LogP contribution < -0.4 is 0 Å². The zero-order valence-corrected chi connectivity index (χ0v) is 11.4. The maximum absolute atomic E-state index is 5.69. The predicted octanol–water partition coefficient (Wildman–Crippen LogP) is 3.94. The Balaban J connectivity index is 2.24. The van der Waals surface area contributed by atoms with Crippen LogP contribution in [0.2, 0.25) is 0 Å². The Morgan fingerprint density at radius 1 is 1.41 bits per heavy atom. The molecule has 0 unspecified atom stereocenters. The summed E-state index contributed by atoms with van der Waals surface area (Å²) in [6, 6.07) is 2.04. The van der Waals surface area contributed by atoms with Gasteiger partial charge in [0.1, 0.15) is 5.01 Å². The lowest BCUT2D eigenvalue weighted by atomic mass is 10.1. The number of pyridine rings is 1. The Hall–Kier alpha value is -0.930. The molecule has 4 heteroatoms. The second-order valence-electron chi connectivity index (χ2n) is 3.82. The summed E-state index contributed by atoms with van der Waals surface area (Å²) in [4.78, 5) is 8.82. The predicted molar refractivity (Wildman–Crippen MR) is 73.8 cm³/mol. The second-order valence-corrected chi connectivity index (χ2v) is 5.06. The summed E-state index contributed by atoms with van der Waals surface area (Å²) in [6.07, 6.45) is 6.69. The van der Waals surface area contributed by atoms with E-state index in [0.717, 1.165) is 30.0 Å². The van der Waals surface area contributed by atoms with Crippen LogP contribution in [0.4, 0.5) is 0 Å². The van der Waals surface area contributed by atoms with Crippen LogP contribution >= 0.6 is 22.9 Å². The van der Waals surface area contributed by atoms with Gasteiger partial charge in [0.05, 0.1) is 5.69 Å². The Bertz CT molecular complexity index is 482. The van der Waals surface area contributed by atoms with Crippen molar-refractivity contribution in [2.45, 2.75) is 26.2 Å². The normalized spacial score (nSPS) is 10.7. The first-order valence-corrected chi connectivity index (χ1v) is 7.20. The SMILES string of the molecule is CCc1cnccc1-c1nc(CCCCl)cs1. The van der Waals surface area contributed by atoms with E-state index in [2.05, 4.69) is 22.3 Å². The number of aryl methyl sites for hydroxylation is 2. The molecular formula is C13H15ClN2S. The Kier molecular flexibility index (Phi) is 4.51. The first-order chi connectivity index (χ1) is 8.35. The van der Waals surface area contributed by atoms with E-state index in [-0.39, 0.29) is 0 Å². The third kappa shape index (κ3) is 3.05. The molecule has 0 fully saturated rings. The van der Waals surface area contributed by atoms with Crippen molar-refractivity contribution in [3.63, 3.8) is 0 Å². The molecule has 0 amide bonds. The molecule has 0 aliphatic carbocycles. The van der Waals surface area contributed by atoms with Gasteiger partial charge >= 0.3 is 0 Å². The second kappa shape index (κ2) is 6.12. The van der Waals surface area contributed by atoms with Gasteiger partial charge in [-0.1, -0.05) is 6.92 Å². The van der Waals surface area contributed by atoms with E-state index in [4.69, 9.17) is 11.6 Å². The zero-order chi connectivity index (χ0) is 12.1. The summed E-state index contributed by atoms with van der Waals surface area (Å²) in [5.74, 6) is 0.697. The third-order valence-electron chi connectivity index (χ3n) is 2.63. The highest BCUT2D eigenvalue weighted by Crippen LogP contribution is 2.27. The summed E-state index contributed by atoms with van der Waals surface area (Å²) in [5.41, 5.74) is 3.61. The van der Waals surface area contributed by atoms with Crippen molar-refractivity contribution < 1.29 is 0 Å². The molecule has 0 saturated carbocycles. The molecule has 0 aromatic carbocycles. The standard InChI is InChI=1S/C13H15ClN2S/c1-2-10-8-15-7-5-12(10)13-16-11(9-17-13)4-3-6-14/h5,7-9H,2-4,6H2,1H3. The molecule has 0 radical (unpaired) electrons. The average Bonchev–Trinajstić information content (AvgIpc) is 2.85. The smallest absolute Gasteiger partial charge is 0.123 e. The molecule has 0 N–H and O–H groups in total. The number of nitrogens with zero attached hydrogens (tertiary/aromatic N) is 2. The molecule has 0 atom stereocenters. The van der Waals surface area contributed by atoms with Crippen molar-refractivity contribution in [2.24, 2.45) is 0 Å². The van der Waals surface area contributed by atoms with E-state index in [0.29, 0.717) is 5.88 Å². The highest BCUT2D eigenvalue weighted by molar-refractivity contribution is 7.13. The summed E-state index contributed by atoms with van der Waals surface area (Å²) in [7, 11) is 0. The number of alkyl halides is 1. The number of thiazole rings is 1. The van der Waals surface area contributed by atoms with Crippen LogP contribution in [0.3, 0.4) is 0 Å². The maximum atomic E-state index is 5.69. The van der Waals surface area contributed by atoms with Crippen LogP contribution in [-0.4, -0.2) is 15.8 Å². The van der Waals surface area contributed by atoms with Gasteiger partial charge in [0.15, 0.2) is 0 Å². The largest absolute Gasteiger partial charge is 0.264 e. The number of aromatic nitrogens is 2. The van der Waals surface area contributed by atoms with Crippen molar-refractivity contribution in [2.75, 3.05) is 5.88 Å². The van der Waals surface area contributed by atoms with Gasteiger partial charge in [0.25, 0.3) is 0 Å². The van der Waals surface area contributed by atoms with Crippen LogP contribution in [0, 0.1) is 0 Å². The molecule has 2 heterocycles. The summed E-state index contributed by atoms with van der Waals surface area (Å²) < 4.78 is 0. The summed E-state index contributed by atoms with van der Waals surface area (Å²) >= 11 is 7.39. The Morgan fingerprint density at radius 3 is 3.06 bits per heavy atom. The summed E-state index contributed by atoms with van der Waals surface area (Å²) in [5, 5.41) is 3.22. The fraction of sp³-hybridized carbons (Fsp3) is 0.385. The van der Waals surface area contributed by atoms with E-state index in [1.165, 1.54) is 11.1 Å². The molecule has 2 rings (SSSR count). The fourth-order valence-electron chi connectivity index (χ4n) is 1.71. The molecule has 2 aromatic heterocycles. The van der Waals surface area contributed by atoms with Gasteiger partial charge in [0.2, 0.25) is 0 Å². The van der Waals surface area contributed by atoms with Gasteiger partial charge in [-0.2, -0.15) is 0 Å². The number of halogens is 1. The molecule has 0 spiro atoms. The minimum Gasteiger partial charge on any atom is -0.264 e. The molecule has 0 aliphatic rings. The van der Waals surface area contributed by atoms with E-state index in [1.54, 1.807) is 11.3 Å². The maximum Gasteiger partial charge on any atom is 0.123 e. The molecular weight excluding hydrogens is 252 g/mol. The molecule has 2 aromatic rings. The molecule has 0 bridgehead atoms. The van der Waals surface area contributed by atoms with Crippen molar-refractivity contribution in [1.29, 1.82) is 0 Å². The monoisotopic (exact) mass is 266 g/mol. The van der Waals surface area contributed by atoms with E-state index < -0.39 is 0 Å². The fourth-order valence-corrected chi connectivity index (χ4v) is 2.76. The molecule has 2 nitrogen and oxygen atoms in total. The number of rotatable bonds is 5. The minimum atomic E-state index is 0.697. The van der Waals surface area contributed by atoms with E-state index in [9.17, 15) is 0 Å². The molecule has 0 saturated heterocycles. The van der Waals surface area contributed by atoms with E-state index in [1.807, 2.05) is 18.5 Å². The average molecular weight is 267 g/mol. The lowest BCUT2D eigenvalue weighted by Gasteiger charge is -2.02. The summed E-state index contributed by atoms with van der Waals surface area (Å²) in [6.45, 7) is 2.14. The van der Waals surface area contributed by atoms with Crippen molar-refractivity contribution in [1.82, 2.24) is 9.97 Å². The first-order valence-electron chi connectivity index (χ1n) is 5.78. The van der Waals surface area contributed by atoms with E-state index >= 15 is 0 Å². The van der Waals surface area contributed by atoms with Crippen LogP contribution in [0.1, 0.15) is 24.6 Å². The molecule has 0 aliphatic heterocycles. The van der Waals surface area contributed by atoms with Gasteiger partial charge < -0.3 is 0 Å². The highest BCUT2D eigenvalue weighted by atomic mass is 35.5. The van der Waals surface area contributed by atoms with Crippen LogP contribution in [0.25, 0.3) is 10.6 Å². The van der Waals surface area contributed by atoms with Gasteiger partial charge in [0, 0.05) is 29.2 Å². The van der Waals surface area contributed by atoms with Gasteiger partial charge in [-0.05, 0) is 30.9 Å². The first kappa shape index (κ1) is 12.5. The minimum absolute atomic E-state index is 0.697. The lowest BCUT2D eigenvalue weighted by Crippen LogP contribution is -1.90. The molecule has 17 heavy (non-hydrogen) atoms. The quantitative estimate of drug-likeness (QED) is 0.766. The number of hydrogen-bond acceptors (Lipinski definition) is 3. The van der Waals surface area contributed by atoms with Crippen LogP contribution in [0.5, 0.6) is 0 Å². The molecule has 90 valence electrons. The third-order valence-corrected chi connectivity index (χ3v) is 3.82. The Labute approximate surface area is 111 Å². The number of hydrogen-bond donors (Lipinski definition) is 0. The van der Waals surface area contributed by atoms with Gasteiger partial charge in [-0.25, -0.2) is 4.98 Å². The van der Waals surface area contributed by atoms with Gasteiger partial charge in [-0.15, -0.1) is 22.9 Å². The van der Waals surface area contributed by atoms with Crippen molar-refractivity contribution in [3.8, 4) is 10.6 Å². The van der Waals surface area contributed by atoms with Crippen molar-refractivity contribution in [3.05, 3.63) is 35.1 Å². The van der Waals surface area contributed by atoms with Crippen LogP contribution in [-0.2, 0) is 12.8 Å². The van der Waals surface area contributed by atoms with Gasteiger partial charge in [-0.3, -0.25) is 4.98 Å². The zero-order valence-electron chi connectivity index (χ0n) is 9.82. The Morgan fingerprint density at radius 2 is 2.29 bits per heavy atom.